The summed E-state index contributed by atoms with van der Waals surface area (Å²) in [5.74, 6) is 1.06. The number of carbonyl (C=O) groups is 1. The number of hydrogen-bond acceptors (Lipinski definition) is 4. The van der Waals surface area contributed by atoms with Crippen molar-refractivity contribution < 1.29 is 4.79 Å². The van der Waals surface area contributed by atoms with Gasteiger partial charge < -0.3 is 10.2 Å². The number of aromatic nitrogens is 2. The van der Waals surface area contributed by atoms with Crippen LogP contribution >= 0.6 is 0 Å². The zero-order valence-corrected chi connectivity index (χ0v) is 15.8. The maximum atomic E-state index is 12.9. The van der Waals surface area contributed by atoms with E-state index in [9.17, 15) is 4.79 Å². The smallest absolute Gasteiger partial charge is 0.272 e. The van der Waals surface area contributed by atoms with Gasteiger partial charge in [0.05, 0.1) is 0 Å². The van der Waals surface area contributed by atoms with Gasteiger partial charge in [-0.25, -0.2) is 9.97 Å². The van der Waals surface area contributed by atoms with Crippen LogP contribution in [0.15, 0.2) is 72.9 Å². The van der Waals surface area contributed by atoms with Crippen molar-refractivity contribution in [1.82, 2.24) is 14.9 Å². The third kappa shape index (κ3) is 4.55. The van der Waals surface area contributed by atoms with Gasteiger partial charge in [0.1, 0.15) is 5.69 Å². The van der Waals surface area contributed by atoms with E-state index < -0.39 is 0 Å². The lowest BCUT2D eigenvalue weighted by molar-refractivity contribution is 0.0684. The highest BCUT2D eigenvalue weighted by atomic mass is 16.2. The van der Waals surface area contributed by atoms with Crippen molar-refractivity contribution >= 4 is 17.5 Å². The van der Waals surface area contributed by atoms with Crippen LogP contribution in [0.4, 0.5) is 11.6 Å². The molecule has 0 aliphatic carbocycles. The average molecular weight is 372 g/mol. The van der Waals surface area contributed by atoms with Crippen molar-refractivity contribution in [2.24, 2.45) is 5.92 Å². The van der Waals surface area contributed by atoms with E-state index >= 15 is 0 Å². The normalized spacial score (nSPS) is 14.6. The van der Waals surface area contributed by atoms with Crippen LogP contribution in [0.3, 0.4) is 0 Å². The Labute approximate surface area is 165 Å². The van der Waals surface area contributed by atoms with Crippen molar-refractivity contribution in [3.8, 4) is 0 Å². The minimum atomic E-state index is -0.0170. The van der Waals surface area contributed by atoms with Gasteiger partial charge in [0.15, 0.2) is 0 Å². The summed E-state index contributed by atoms with van der Waals surface area (Å²) in [7, 11) is 0. The molecule has 2 aromatic carbocycles. The molecule has 1 fully saturated rings. The molecule has 1 aromatic heterocycles. The Morgan fingerprint density at radius 2 is 1.64 bits per heavy atom. The average Bonchev–Trinajstić information content (AvgIpc) is 2.75. The summed E-state index contributed by atoms with van der Waals surface area (Å²) in [5, 5.41) is 3.14. The van der Waals surface area contributed by atoms with Crippen LogP contribution in [0.5, 0.6) is 0 Å². The number of para-hydroxylation sites is 1. The van der Waals surface area contributed by atoms with E-state index in [-0.39, 0.29) is 5.91 Å². The standard InChI is InChI=1S/C23H24N4O/c28-22(21-11-14-24-23(26-21)25-20-9-5-2-6-10-20)27-15-12-19(13-16-27)17-18-7-3-1-4-8-18/h1-11,14,19H,12-13,15-17H2,(H,24,25,26). The quantitative estimate of drug-likeness (QED) is 0.725. The number of amides is 1. The van der Waals surface area contributed by atoms with Crippen molar-refractivity contribution in [3.05, 3.63) is 84.2 Å². The van der Waals surface area contributed by atoms with Gasteiger partial charge in [0, 0.05) is 25.0 Å². The molecule has 1 N–H and O–H groups in total. The molecule has 5 heteroatoms. The van der Waals surface area contributed by atoms with Gasteiger partial charge in [-0.05, 0) is 48.9 Å². The van der Waals surface area contributed by atoms with Crippen molar-refractivity contribution in [1.29, 1.82) is 0 Å². The number of hydrogen-bond donors (Lipinski definition) is 1. The van der Waals surface area contributed by atoms with Gasteiger partial charge in [-0.15, -0.1) is 0 Å². The summed E-state index contributed by atoms with van der Waals surface area (Å²) in [4.78, 5) is 23.4. The number of likely N-dealkylation sites (tertiary alicyclic amines) is 1. The molecule has 3 aromatic rings. The molecular weight excluding hydrogens is 348 g/mol. The molecule has 2 heterocycles. The van der Waals surface area contributed by atoms with Crippen molar-refractivity contribution in [3.63, 3.8) is 0 Å². The number of carbonyl (C=O) groups excluding carboxylic acids is 1. The van der Waals surface area contributed by atoms with E-state index in [2.05, 4.69) is 39.6 Å². The Bertz CT molecular complexity index is 906. The monoisotopic (exact) mass is 372 g/mol. The van der Waals surface area contributed by atoms with Gasteiger partial charge >= 0.3 is 0 Å². The number of benzene rings is 2. The SMILES string of the molecule is O=C(c1ccnc(Nc2ccccc2)n1)N1CCC(Cc2ccccc2)CC1. The first-order valence-electron chi connectivity index (χ1n) is 9.76. The molecule has 1 aliphatic rings. The number of anilines is 2. The van der Waals surface area contributed by atoms with Crippen LogP contribution < -0.4 is 5.32 Å². The summed E-state index contributed by atoms with van der Waals surface area (Å²) in [6, 6.07) is 22.0. The topological polar surface area (TPSA) is 58.1 Å². The molecule has 0 bridgehead atoms. The highest BCUT2D eigenvalue weighted by molar-refractivity contribution is 5.92. The minimum absolute atomic E-state index is 0.0170. The zero-order chi connectivity index (χ0) is 19.2. The second-order valence-electron chi connectivity index (χ2n) is 7.18. The molecule has 5 nitrogen and oxygen atoms in total. The van der Waals surface area contributed by atoms with Crippen molar-refractivity contribution in [2.75, 3.05) is 18.4 Å². The summed E-state index contributed by atoms with van der Waals surface area (Å²) in [6.45, 7) is 1.56. The van der Waals surface area contributed by atoms with E-state index in [1.54, 1.807) is 12.3 Å². The number of piperidine rings is 1. The fraction of sp³-hybridized carbons (Fsp3) is 0.261. The lowest BCUT2D eigenvalue weighted by Gasteiger charge is -2.32. The van der Waals surface area contributed by atoms with E-state index in [0.717, 1.165) is 38.0 Å². The van der Waals surface area contributed by atoms with Gasteiger partial charge in [0.2, 0.25) is 5.95 Å². The predicted octanol–water partition coefficient (Wildman–Crippen LogP) is 4.32. The minimum Gasteiger partial charge on any atom is -0.337 e. The summed E-state index contributed by atoms with van der Waals surface area (Å²) in [5.41, 5.74) is 2.71. The second kappa shape index (κ2) is 8.65. The van der Waals surface area contributed by atoms with Crippen LogP contribution in [-0.4, -0.2) is 33.9 Å². The Balaban J connectivity index is 1.35. The zero-order valence-electron chi connectivity index (χ0n) is 15.8. The molecule has 1 aliphatic heterocycles. The first-order chi connectivity index (χ1) is 13.8. The van der Waals surface area contributed by atoms with Gasteiger partial charge in [-0.1, -0.05) is 48.5 Å². The van der Waals surface area contributed by atoms with Gasteiger partial charge in [-0.3, -0.25) is 4.79 Å². The molecule has 0 atom stereocenters. The third-order valence-corrected chi connectivity index (χ3v) is 5.17. The van der Waals surface area contributed by atoms with Gasteiger partial charge in [0.25, 0.3) is 5.91 Å². The predicted molar refractivity (Wildman–Crippen MR) is 111 cm³/mol. The van der Waals surface area contributed by atoms with E-state index in [1.807, 2.05) is 41.3 Å². The Hall–Kier alpha value is -3.21. The molecule has 1 amide bonds. The van der Waals surface area contributed by atoms with Crippen LogP contribution in [0.1, 0.15) is 28.9 Å². The second-order valence-corrected chi connectivity index (χ2v) is 7.18. The molecule has 28 heavy (non-hydrogen) atoms. The molecule has 1 saturated heterocycles. The van der Waals surface area contributed by atoms with E-state index in [0.29, 0.717) is 17.6 Å². The maximum Gasteiger partial charge on any atom is 0.272 e. The summed E-state index contributed by atoms with van der Waals surface area (Å²) >= 11 is 0. The van der Waals surface area contributed by atoms with Crippen LogP contribution in [0.2, 0.25) is 0 Å². The van der Waals surface area contributed by atoms with E-state index in [1.165, 1.54) is 5.56 Å². The Morgan fingerprint density at radius 1 is 0.964 bits per heavy atom. The fourth-order valence-corrected chi connectivity index (χ4v) is 3.64. The fourth-order valence-electron chi connectivity index (χ4n) is 3.64. The first-order valence-corrected chi connectivity index (χ1v) is 9.76. The van der Waals surface area contributed by atoms with E-state index in [4.69, 9.17) is 0 Å². The molecule has 0 unspecified atom stereocenters. The molecule has 0 spiro atoms. The Morgan fingerprint density at radius 3 is 2.36 bits per heavy atom. The lowest BCUT2D eigenvalue weighted by Crippen LogP contribution is -2.39. The molecule has 0 radical (unpaired) electrons. The number of nitrogens with one attached hydrogen (secondary N) is 1. The Kier molecular flexibility index (Phi) is 5.61. The molecular formula is C23H24N4O. The molecule has 142 valence electrons. The highest BCUT2D eigenvalue weighted by Gasteiger charge is 2.24. The molecule has 4 rings (SSSR count). The first kappa shape index (κ1) is 18.2. The van der Waals surface area contributed by atoms with Crippen LogP contribution in [-0.2, 0) is 6.42 Å². The third-order valence-electron chi connectivity index (χ3n) is 5.17. The van der Waals surface area contributed by atoms with Crippen molar-refractivity contribution in [2.45, 2.75) is 19.3 Å². The van der Waals surface area contributed by atoms with Gasteiger partial charge in [-0.2, -0.15) is 0 Å². The summed E-state index contributed by atoms with van der Waals surface area (Å²) in [6.07, 6.45) is 4.77. The van der Waals surface area contributed by atoms with Crippen LogP contribution in [0.25, 0.3) is 0 Å². The lowest BCUT2D eigenvalue weighted by atomic mass is 9.90. The largest absolute Gasteiger partial charge is 0.337 e. The molecule has 0 saturated carbocycles. The maximum absolute atomic E-state index is 12.9. The number of rotatable bonds is 5. The number of nitrogens with zero attached hydrogens (tertiary/aromatic N) is 3. The summed E-state index contributed by atoms with van der Waals surface area (Å²) < 4.78 is 0. The highest BCUT2D eigenvalue weighted by Crippen LogP contribution is 2.23. The van der Waals surface area contributed by atoms with Crippen LogP contribution in [0, 0.1) is 5.92 Å².